The first kappa shape index (κ1) is 69.2. The normalized spacial score (nSPS) is 14.0. The molecule has 0 heterocycles. The Morgan fingerprint density at radius 1 is 0.479 bits per heavy atom. The summed E-state index contributed by atoms with van der Waals surface area (Å²) in [5.41, 5.74) is 0. The first-order chi connectivity index (χ1) is 34.4. The molecule has 0 saturated heterocycles. The standard InChI is InChI=1S/C61H117N2O7P/c1-7-10-13-16-19-22-25-28-30-31-33-35-38-41-44-47-50-53-60(64)62-58(57-69-71(66,67)68-56-55-63(4,5)6)59(52-49-46-43-40-37-34-27-24-21-18-15-12-9-3)70-61(65)54-51-48-45-42-39-36-32-29-26-23-20-17-14-11-8-2/h23,26,28,30,49,52,58-59H,7-22,24-25,27,29,31-48,50-51,53-57H2,1-6H3,(H-,62,64,66,67)/b26-23-,30-28+,52-49+. The third kappa shape index (κ3) is 52.9. The van der Waals surface area contributed by atoms with E-state index >= 15 is 0 Å². The molecule has 0 aromatic rings. The molecule has 1 amide bonds. The summed E-state index contributed by atoms with van der Waals surface area (Å²) in [4.78, 5) is 39.9. The molecule has 71 heavy (non-hydrogen) atoms. The summed E-state index contributed by atoms with van der Waals surface area (Å²) < 4.78 is 30.3. The number of amides is 1. The van der Waals surface area contributed by atoms with Gasteiger partial charge in [-0.15, -0.1) is 0 Å². The molecule has 1 N–H and O–H groups in total. The Labute approximate surface area is 440 Å². The third-order valence-electron chi connectivity index (χ3n) is 13.5. The molecular weight excluding hydrogens is 904 g/mol. The van der Waals surface area contributed by atoms with Crippen LogP contribution in [0.2, 0.25) is 0 Å². The van der Waals surface area contributed by atoms with E-state index in [0.717, 1.165) is 83.5 Å². The molecule has 3 unspecified atom stereocenters. The molecule has 0 aliphatic rings. The van der Waals surface area contributed by atoms with E-state index in [1.165, 1.54) is 173 Å². The Bertz CT molecular complexity index is 1310. The van der Waals surface area contributed by atoms with Gasteiger partial charge in [0.05, 0.1) is 33.8 Å². The lowest BCUT2D eigenvalue weighted by atomic mass is 10.0. The van der Waals surface area contributed by atoms with Crippen molar-refractivity contribution in [2.75, 3.05) is 40.9 Å². The van der Waals surface area contributed by atoms with Crippen molar-refractivity contribution in [1.82, 2.24) is 5.32 Å². The molecule has 0 saturated carbocycles. The maximum Gasteiger partial charge on any atom is 0.306 e. The van der Waals surface area contributed by atoms with Crippen molar-refractivity contribution in [3.63, 3.8) is 0 Å². The maximum atomic E-state index is 13.5. The molecule has 0 bridgehead atoms. The van der Waals surface area contributed by atoms with E-state index in [1.807, 2.05) is 33.3 Å². The summed E-state index contributed by atoms with van der Waals surface area (Å²) in [6, 6.07) is -0.889. The Morgan fingerprint density at radius 2 is 0.817 bits per heavy atom. The average molecular weight is 1020 g/mol. The number of allylic oxidation sites excluding steroid dienone is 5. The predicted octanol–water partition coefficient (Wildman–Crippen LogP) is 17.7. The van der Waals surface area contributed by atoms with Crippen molar-refractivity contribution in [3.05, 3.63) is 36.5 Å². The lowest BCUT2D eigenvalue weighted by Gasteiger charge is -2.30. The lowest BCUT2D eigenvalue weighted by molar-refractivity contribution is -0.870. The second-order valence-corrected chi connectivity index (χ2v) is 23.3. The summed E-state index contributed by atoms with van der Waals surface area (Å²) >= 11 is 0. The molecule has 0 radical (unpaired) electrons. The minimum atomic E-state index is -4.69. The molecule has 10 heteroatoms. The number of ether oxygens (including phenoxy) is 1. The van der Waals surface area contributed by atoms with E-state index < -0.39 is 20.0 Å². The Hall–Kier alpha value is -1.77. The van der Waals surface area contributed by atoms with Gasteiger partial charge in [-0.2, -0.15) is 0 Å². The highest BCUT2D eigenvalue weighted by molar-refractivity contribution is 7.45. The number of hydrogen-bond donors (Lipinski definition) is 1. The van der Waals surface area contributed by atoms with Gasteiger partial charge >= 0.3 is 5.97 Å². The Balaban J connectivity index is 5.32. The van der Waals surface area contributed by atoms with E-state index in [1.54, 1.807) is 0 Å². The largest absolute Gasteiger partial charge is 0.756 e. The van der Waals surface area contributed by atoms with Crippen molar-refractivity contribution < 1.29 is 37.3 Å². The van der Waals surface area contributed by atoms with E-state index in [0.29, 0.717) is 17.4 Å². The minimum Gasteiger partial charge on any atom is -0.756 e. The van der Waals surface area contributed by atoms with Crippen molar-refractivity contribution in [1.29, 1.82) is 0 Å². The smallest absolute Gasteiger partial charge is 0.306 e. The molecular formula is C61H117N2O7P. The molecule has 418 valence electrons. The van der Waals surface area contributed by atoms with Crippen LogP contribution in [0.15, 0.2) is 36.5 Å². The van der Waals surface area contributed by atoms with Crippen LogP contribution in [-0.2, 0) is 27.9 Å². The topological polar surface area (TPSA) is 114 Å². The van der Waals surface area contributed by atoms with Gasteiger partial charge in [-0.25, -0.2) is 0 Å². The number of unbranched alkanes of at least 4 members (excludes halogenated alkanes) is 35. The Kier molecular flexibility index (Phi) is 50.4. The number of rotatable bonds is 55. The molecule has 9 nitrogen and oxygen atoms in total. The molecule has 3 atom stereocenters. The van der Waals surface area contributed by atoms with Gasteiger partial charge in [0.1, 0.15) is 19.3 Å². The number of carbonyl (C=O) groups excluding carboxylic acids is 2. The van der Waals surface area contributed by atoms with Gasteiger partial charge in [-0.1, -0.05) is 231 Å². The van der Waals surface area contributed by atoms with Gasteiger partial charge in [-0.3, -0.25) is 14.2 Å². The zero-order chi connectivity index (χ0) is 52.2. The van der Waals surface area contributed by atoms with Crippen LogP contribution in [0.1, 0.15) is 290 Å². The van der Waals surface area contributed by atoms with Crippen LogP contribution in [0, 0.1) is 0 Å². The zero-order valence-electron chi connectivity index (χ0n) is 47.7. The number of esters is 1. The second kappa shape index (κ2) is 51.7. The van der Waals surface area contributed by atoms with E-state index in [4.69, 9.17) is 13.8 Å². The van der Waals surface area contributed by atoms with Crippen molar-refractivity contribution >= 4 is 19.7 Å². The molecule has 0 aromatic carbocycles. The third-order valence-corrected chi connectivity index (χ3v) is 14.5. The van der Waals surface area contributed by atoms with Gasteiger partial charge in [0.25, 0.3) is 7.82 Å². The van der Waals surface area contributed by atoms with Crippen LogP contribution < -0.4 is 10.2 Å². The number of phosphoric acid groups is 1. The highest BCUT2D eigenvalue weighted by Crippen LogP contribution is 2.38. The van der Waals surface area contributed by atoms with Crippen LogP contribution in [0.4, 0.5) is 0 Å². The molecule has 0 spiro atoms. The van der Waals surface area contributed by atoms with Crippen LogP contribution in [-0.4, -0.2) is 69.4 Å². The van der Waals surface area contributed by atoms with E-state index in [2.05, 4.69) is 50.4 Å². The number of nitrogens with one attached hydrogen (secondary N) is 1. The number of quaternary nitrogens is 1. The number of carbonyl (C=O) groups is 2. The van der Waals surface area contributed by atoms with Gasteiger partial charge in [-0.05, 0) is 83.1 Å². The highest BCUT2D eigenvalue weighted by atomic mass is 31.2. The highest BCUT2D eigenvalue weighted by Gasteiger charge is 2.27. The molecule has 0 aromatic heterocycles. The van der Waals surface area contributed by atoms with Crippen molar-refractivity contribution in [3.8, 4) is 0 Å². The summed E-state index contributed by atoms with van der Waals surface area (Å²) in [5, 5.41) is 3.03. The lowest BCUT2D eigenvalue weighted by Crippen LogP contribution is -2.47. The predicted molar refractivity (Wildman–Crippen MR) is 303 cm³/mol. The number of likely N-dealkylation sites (N-methyl/N-ethyl adjacent to an activating group) is 1. The summed E-state index contributed by atoms with van der Waals surface area (Å²) in [6.07, 6.45) is 61.0. The van der Waals surface area contributed by atoms with Gasteiger partial charge in [0, 0.05) is 12.8 Å². The van der Waals surface area contributed by atoms with Crippen LogP contribution in [0.5, 0.6) is 0 Å². The van der Waals surface area contributed by atoms with Gasteiger partial charge in [0.15, 0.2) is 0 Å². The summed E-state index contributed by atoms with van der Waals surface area (Å²) in [5.74, 6) is -0.542. The first-order valence-corrected chi connectivity index (χ1v) is 31.8. The average Bonchev–Trinajstić information content (AvgIpc) is 3.33. The fourth-order valence-corrected chi connectivity index (χ4v) is 9.53. The van der Waals surface area contributed by atoms with Gasteiger partial charge < -0.3 is 28.5 Å². The zero-order valence-corrected chi connectivity index (χ0v) is 48.6. The molecule has 0 fully saturated rings. The van der Waals surface area contributed by atoms with E-state index in [9.17, 15) is 19.0 Å². The van der Waals surface area contributed by atoms with Crippen LogP contribution >= 0.6 is 7.82 Å². The second-order valence-electron chi connectivity index (χ2n) is 21.8. The quantitative estimate of drug-likeness (QED) is 0.0212. The first-order valence-electron chi connectivity index (χ1n) is 30.3. The monoisotopic (exact) mass is 1020 g/mol. The fourth-order valence-electron chi connectivity index (χ4n) is 8.81. The van der Waals surface area contributed by atoms with Crippen LogP contribution in [0.25, 0.3) is 0 Å². The SMILES string of the molecule is CCCCCC/C=C\CCCCCCCCCC(=O)OC(/C=C/CCCCCCCCCCCCC)C(COP(=O)([O-])OCC[N+](C)(C)C)NC(=O)CCCCCCCCC/C=C/CCCCCCCC. The summed E-state index contributed by atoms with van der Waals surface area (Å²) in [6.45, 7) is 6.84. The van der Waals surface area contributed by atoms with Crippen molar-refractivity contribution in [2.45, 2.75) is 303 Å². The number of nitrogens with zero attached hydrogens (tertiary/aromatic N) is 1. The molecule has 0 aliphatic carbocycles. The Morgan fingerprint density at radius 3 is 1.21 bits per heavy atom. The molecule has 0 rings (SSSR count). The maximum absolute atomic E-state index is 13.5. The number of phosphoric ester groups is 1. The summed E-state index contributed by atoms with van der Waals surface area (Å²) in [7, 11) is 1.19. The molecule has 0 aliphatic heterocycles. The fraction of sp³-hybridized carbons (Fsp3) is 0.869. The van der Waals surface area contributed by atoms with Crippen molar-refractivity contribution in [2.24, 2.45) is 0 Å². The van der Waals surface area contributed by atoms with Gasteiger partial charge in [0.2, 0.25) is 5.91 Å². The van der Waals surface area contributed by atoms with Crippen LogP contribution in [0.3, 0.4) is 0 Å². The number of hydrogen-bond acceptors (Lipinski definition) is 7. The van der Waals surface area contributed by atoms with E-state index in [-0.39, 0.29) is 31.5 Å². The minimum absolute atomic E-state index is 0.0223.